The second kappa shape index (κ2) is 5.73. The van der Waals surface area contributed by atoms with Gasteiger partial charge in [-0.15, -0.1) is 0 Å². The van der Waals surface area contributed by atoms with E-state index in [1.54, 1.807) is 0 Å². The van der Waals surface area contributed by atoms with Crippen molar-refractivity contribution in [3.05, 3.63) is 34.9 Å². The Balaban J connectivity index is 2.14. The van der Waals surface area contributed by atoms with Crippen LogP contribution >= 0.6 is 0 Å². The van der Waals surface area contributed by atoms with E-state index in [0.29, 0.717) is 6.42 Å². The van der Waals surface area contributed by atoms with Gasteiger partial charge >= 0.3 is 0 Å². The Labute approximate surface area is 126 Å². The fraction of sp³-hybridized carbons (Fsp3) is 0.444. The van der Waals surface area contributed by atoms with E-state index in [4.69, 9.17) is 10.2 Å². The van der Waals surface area contributed by atoms with Gasteiger partial charge in [-0.3, -0.25) is 0 Å². The molecule has 0 saturated carbocycles. The van der Waals surface area contributed by atoms with Gasteiger partial charge in [0.1, 0.15) is 5.82 Å². The van der Waals surface area contributed by atoms with Crippen molar-refractivity contribution in [2.24, 2.45) is 0 Å². The molecule has 0 amide bonds. The molecule has 0 aliphatic carbocycles. The highest BCUT2D eigenvalue weighted by atomic mass is 15.2. The molecule has 1 saturated heterocycles. The van der Waals surface area contributed by atoms with Crippen LogP contribution in [0.4, 0.5) is 5.82 Å². The van der Waals surface area contributed by atoms with Gasteiger partial charge in [-0.2, -0.15) is 5.26 Å². The first-order valence-electron chi connectivity index (χ1n) is 7.72. The van der Waals surface area contributed by atoms with Crippen LogP contribution in [0.25, 0.3) is 10.9 Å². The summed E-state index contributed by atoms with van der Waals surface area (Å²) in [5.41, 5.74) is 4.65. The van der Waals surface area contributed by atoms with E-state index in [1.165, 1.54) is 30.4 Å². The van der Waals surface area contributed by atoms with Crippen molar-refractivity contribution in [1.29, 1.82) is 5.26 Å². The molecule has 108 valence electrons. The van der Waals surface area contributed by atoms with E-state index in [1.807, 2.05) is 0 Å². The largest absolute Gasteiger partial charge is 0.356 e. The molecule has 0 bridgehead atoms. The lowest BCUT2D eigenvalue weighted by Gasteiger charge is -2.29. The highest BCUT2D eigenvalue weighted by Gasteiger charge is 2.17. The lowest BCUT2D eigenvalue weighted by atomic mass is 10.0. The van der Waals surface area contributed by atoms with Gasteiger partial charge in [-0.25, -0.2) is 4.98 Å². The van der Waals surface area contributed by atoms with Gasteiger partial charge in [-0.1, -0.05) is 0 Å². The molecule has 1 aliphatic heterocycles. The second-order valence-corrected chi connectivity index (χ2v) is 5.98. The SMILES string of the molecule is Cc1cc2cc(CC#N)c(N3CCCCC3)nc2cc1C. The summed E-state index contributed by atoms with van der Waals surface area (Å²) in [4.78, 5) is 7.25. The van der Waals surface area contributed by atoms with Gasteiger partial charge in [0.2, 0.25) is 0 Å². The number of piperidine rings is 1. The summed E-state index contributed by atoms with van der Waals surface area (Å²) in [5.74, 6) is 1.02. The van der Waals surface area contributed by atoms with Gasteiger partial charge in [0.25, 0.3) is 0 Å². The lowest BCUT2D eigenvalue weighted by Crippen LogP contribution is -2.31. The second-order valence-electron chi connectivity index (χ2n) is 5.98. The highest BCUT2D eigenvalue weighted by Crippen LogP contribution is 2.28. The third-order valence-corrected chi connectivity index (χ3v) is 4.41. The number of hydrogen-bond donors (Lipinski definition) is 0. The third-order valence-electron chi connectivity index (χ3n) is 4.41. The lowest BCUT2D eigenvalue weighted by molar-refractivity contribution is 0.573. The predicted molar refractivity (Wildman–Crippen MR) is 86.6 cm³/mol. The van der Waals surface area contributed by atoms with Gasteiger partial charge < -0.3 is 4.90 Å². The first-order chi connectivity index (χ1) is 10.2. The van der Waals surface area contributed by atoms with Crippen molar-refractivity contribution < 1.29 is 0 Å². The quantitative estimate of drug-likeness (QED) is 0.836. The first kappa shape index (κ1) is 13.9. The Kier molecular flexibility index (Phi) is 3.79. The number of aryl methyl sites for hydroxylation is 2. The van der Waals surface area contributed by atoms with Crippen LogP contribution in [0, 0.1) is 25.2 Å². The molecule has 0 atom stereocenters. The number of hydrogen-bond acceptors (Lipinski definition) is 3. The van der Waals surface area contributed by atoms with Gasteiger partial charge in [0, 0.05) is 24.0 Å². The Bertz CT molecular complexity index is 706. The zero-order chi connectivity index (χ0) is 14.8. The zero-order valence-corrected chi connectivity index (χ0v) is 12.8. The maximum atomic E-state index is 9.12. The summed E-state index contributed by atoms with van der Waals surface area (Å²) in [6.45, 7) is 6.36. The van der Waals surface area contributed by atoms with E-state index in [-0.39, 0.29) is 0 Å². The van der Waals surface area contributed by atoms with E-state index >= 15 is 0 Å². The molecule has 0 radical (unpaired) electrons. The maximum Gasteiger partial charge on any atom is 0.133 e. The summed E-state index contributed by atoms with van der Waals surface area (Å²) in [6.07, 6.45) is 4.18. The van der Waals surface area contributed by atoms with Crippen molar-refractivity contribution in [1.82, 2.24) is 4.98 Å². The maximum absolute atomic E-state index is 9.12. The molecule has 3 nitrogen and oxygen atoms in total. The third kappa shape index (κ3) is 2.71. The standard InChI is InChI=1S/C18H21N3/c1-13-10-16-12-15(6-7-19)18(20-17(16)11-14(13)2)21-8-4-3-5-9-21/h10-12H,3-6,8-9H2,1-2H3. The summed E-state index contributed by atoms with van der Waals surface area (Å²) < 4.78 is 0. The Morgan fingerprint density at radius 3 is 2.52 bits per heavy atom. The van der Waals surface area contributed by atoms with E-state index in [0.717, 1.165) is 35.4 Å². The average molecular weight is 279 g/mol. The molecule has 1 aromatic heterocycles. The van der Waals surface area contributed by atoms with Gasteiger partial charge in [0.05, 0.1) is 18.0 Å². The molecule has 3 heteroatoms. The summed E-state index contributed by atoms with van der Waals surface area (Å²) in [7, 11) is 0. The van der Waals surface area contributed by atoms with Crippen LogP contribution in [0.1, 0.15) is 36.0 Å². The number of aromatic nitrogens is 1. The highest BCUT2D eigenvalue weighted by molar-refractivity contribution is 5.83. The molecule has 0 unspecified atom stereocenters. The molecule has 1 fully saturated rings. The number of fused-ring (bicyclic) bond motifs is 1. The van der Waals surface area contributed by atoms with Crippen LogP contribution < -0.4 is 4.90 Å². The van der Waals surface area contributed by atoms with E-state index in [2.05, 4.69) is 43.0 Å². The smallest absolute Gasteiger partial charge is 0.133 e. The Hall–Kier alpha value is -2.08. The summed E-state index contributed by atoms with van der Waals surface area (Å²) in [5, 5.41) is 10.3. The van der Waals surface area contributed by atoms with Crippen LogP contribution in [0.15, 0.2) is 18.2 Å². The molecule has 0 spiro atoms. The van der Waals surface area contributed by atoms with Crippen molar-refractivity contribution >= 4 is 16.7 Å². The van der Waals surface area contributed by atoms with Crippen molar-refractivity contribution in [2.75, 3.05) is 18.0 Å². The Morgan fingerprint density at radius 2 is 1.81 bits per heavy atom. The molecule has 21 heavy (non-hydrogen) atoms. The molecule has 1 aliphatic rings. The number of pyridine rings is 1. The van der Waals surface area contributed by atoms with Crippen molar-refractivity contribution in [3.8, 4) is 6.07 Å². The van der Waals surface area contributed by atoms with Gasteiger partial charge in [0.15, 0.2) is 0 Å². The topological polar surface area (TPSA) is 39.9 Å². The van der Waals surface area contributed by atoms with E-state index in [9.17, 15) is 0 Å². The van der Waals surface area contributed by atoms with Crippen LogP contribution in [0.5, 0.6) is 0 Å². The molecule has 2 aromatic rings. The summed E-state index contributed by atoms with van der Waals surface area (Å²) in [6, 6.07) is 8.78. The van der Waals surface area contributed by atoms with Crippen LogP contribution in [0.2, 0.25) is 0 Å². The predicted octanol–water partition coefficient (Wildman–Crippen LogP) is 3.91. The normalized spacial score (nSPS) is 15.2. The monoisotopic (exact) mass is 279 g/mol. The minimum absolute atomic E-state index is 0.432. The molecule has 0 N–H and O–H groups in total. The minimum atomic E-state index is 0.432. The van der Waals surface area contributed by atoms with Crippen LogP contribution in [-0.4, -0.2) is 18.1 Å². The van der Waals surface area contributed by atoms with Crippen LogP contribution in [-0.2, 0) is 6.42 Å². The molecule has 1 aromatic carbocycles. The van der Waals surface area contributed by atoms with Crippen LogP contribution in [0.3, 0.4) is 0 Å². The zero-order valence-electron chi connectivity index (χ0n) is 12.8. The number of nitrogens with zero attached hydrogens (tertiary/aromatic N) is 3. The summed E-state index contributed by atoms with van der Waals surface area (Å²) >= 11 is 0. The van der Waals surface area contributed by atoms with Crippen molar-refractivity contribution in [3.63, 3.8) is 0 Å². The molecular weight excluding hydrogens is 258 g/mol. The minimum Gasteiger partial charge on any atom is -0.356 e. The molecule has 3 rings (SSSR count). The number of nitriles is 1. The van der Waals surface area contributed by atoms with E-state index < -0.39 is 0 Å². The number of anilines is 1. The van der Waals surface area contributed by atoms with Crippen molar-refractivity contribution in [2.45, 2.75) is 39.5 Å². The fourth-order valence-electron chi connectivity index (χ4n) is 3.07. The average Bonchev–Trinajstić information content (AvgIpc) is 2.49. The van der Waals surface area contributed by atoms with Gasteiger partial charge in [-0.05, 0) is 62.4 Å². The number of benzene rings is 1. The number of rotatable bonds is 2. The Morgan fingerprint density at radius 1 is 1.10 bits per heavy atom. The molecule has 2 heterocycles. The molecular formula is C18H21N3. The first-order valence-corrected chi connectivity index (χ1v) is 7.72. The fourth-order valence-corrected chi connectivity index (χ4v) is 3.07.